The molecule has 0 aliphatic heterocycles. The lowest BCUT2D eigenvalue weighted by Gasteiger charge is -2.04. The highest BCUT2D eigenvalue weighted by atomic mass is 14.0. The van der Waals surface area contributed by atoms with E-state index in [0.717, 1.165) is 6.71 Å². The van der Waals surface area contributed by atoms with Gasteiger partial charge in [-0.05, 0) is 0 Å². The maximum atomic E-state index is 2.34. The minimum atomic E-state index is 0.900. The molecule has 0 nitrogen and oxygen atoms in total. The van der Waals surface area contributed by atoms with Crippen LogP contribution in [0, 0.1) is 0 Å². The third-order valence-corrected chi connectivity index (χ3v) is 4.39. The summed E-state index contributed by atoms with van der Waals surface area (Å²) in [6, 6.07) is 0. The summed E-state index contributed by atoms with van der Waals surface area (Å²) < 4.78 is 0. The summed E-state index contributed by atoms with van der Waals surface area (Å²) in [7, 11) is 0. The van der Waals surface area contributed by atoms with Crippen molar-refractivity contribution in [2.45, 2.75) is 123 Å². The topological polar surface area (TPSA) is 0 Å². The van der Waals surface area contributed by atoms with E-state index in [1.807, 2.05) is 0 Å². The third-order valence-electron chi connectivity index (χ3n) is 4.39. The average molecular weight is 280 g/mol. The molecule has 0 aromatic carbocycles. The third kappa shape index (κ3) is 18.1. The van der Waals surface area contributed by atoms with Crippen molar-refractivity contribution in [2.24, 2.45) is 0 Å². The van der Waals surface area contributed by atoms with Gasteiger partial charge in [-0.2, -0.15) is 0 Å². The summed E-state index contributed by atoms with van der Waals surface area (Å²) in [4.78, 5) is 0. The van der Waals surface area contributed by atoms with Crippen molar-refractivity contribution in [3.8, 4) is 0 Å². The molecule has 0 aromatic rings. The van der Waals surface area contributed by atoms with Crippen molar-refractivity contribution in [1.82, 2.24) is 0 Å². The van der Waals surface area contributed by atoms with E-state index >= 15 is 0 Å². The van der Waals surface area contributed by atoms with Crippen molar-refractivity contribution < 1.29 is 0 Å². The molecule has 120 valence electrons. The van der Waals surface area contributed by atoms with Crippen LogP contribution >= 0.6 is 0 Å². The van der Waals surface area contributed by atoms with Crippen LogP contribution in [0.1, 0.15) is 103 Å². The van der Waals surface area contributed by atoms with Gasteiger partial charge in [-0.3, -0.25) is 0 Å². The first kappa shape index (κ1) is 20.1. The molecule has 0 aliphatic carbocycles. The lowest BCUT2D eigenvalue weighted by Crippen LogP contribution is -1.97. The maximum absolute atomic E-state index is 2.34. The van der Waals surface area contributed by atoms with Gasteiger partial charge in [0, 0.05) is 0 Å². The van der Waals surface area contributed by atoms with E-state index in [2.05, 4.69) is 20.6 Å². The molecule has 1 heteroatoms. The fourth-order valence-corrected chi connectivity index (χ4v) is 2.92. The normalized spacial score (nSPS) is 10.9. The molecular formula is C19H41B. The Morgan fingerprint density at radius 1 is 0.450 bits per heavy atom. The smallest absolute Gasteiger partial charge is 0.0863 e. The number of unbranched alkanes of at least 4 members (excludes halogenated alkanes) is 14. The molecule has 0 radical (unpaired) electrons. The van der Waals surface area contributed by atoms with Crippen LogP contribution in [0.5, 0.6) is 0 Å². The van der Waals surface area contributed by atoms with E-state index in [1.165, 1.54) is 103 Å². The summed E-state index contributed by atoms with van der Waals surface area (Å²) in [5.41, 5.74) is 0. The molecule has 20 heavy (non-hydrogen) atoms. The van der Waals surface area contributed by atoms with E-state index in [9.17, 15) is 0 Å². The van der Waals surface area contributed by atoms with Crippen LogP contribution in [0.3, 0.4) is 0 Å². The van der Waals surface area contributed by atoms with Gasteiger partial charge in [0.05, 0.1) is 0 Å². The van der Waals surface area contributed by atoms with Gasteiger partial charge in [0.25, 0.3) is 0 Å². The van der Waals surface area contributed by atoms with Gasteiger partial charge in [-0.25, -0.2) is 0 Å². The minimum Gasteiger partial charge on any atom is -0.0863 e. The maximum Gasteiger partial charge on any atom is 0.133 e. The Kier molecular flexibility index (Phi) is 17.2. The largest absolute Gasteiger partial charge is 0.133 e. The van der Waals surface area contributed by atoms with Crippen LogP contribution in [0.2, 0.25) is 20.0 Å². The summed E-state index contributed by atoms with van der Waals surface area (Å²) in [5, 5.41) is 0. The molecule has 0 fully saturated rings. The van der Waals surface area contributed by atoms with Gasteiger partial charge < -0.3 is 0 Å². The quantitative estimate of drug-likeness (QED) is 0.201. The zero-order valence-corrected chi connectivity index (χ0v) is 14.9. The summed E-state index contributed by atoms with van der Waals surface area (Å²) in [5.74, 6) is 0. The molecule has 0 saturated heterocycles. The lowest BCUT2D eigenvalue weighted by molar-refractivity contribution is 0.534. The van der Waals surface area contributed by atoms with Gasteiger partial charge in [0.15, 0.2) is 0 Å². The minimum absolute atomic E-state index is 0.900. The second-order valence-electron chi connectivity index (χ2n) is 7.13. The Morgan fingerprint density at radius 3 is 1.05 bits per heavy atom. The standard InChI is InChI=1S/C19H41B/c1-4-5-6-7-8-9-10-11-12-13-14-15-16-17-18-19-20(2)3/h4-19H2,1-3H3. The predicted molar refractivity (Wildman–Crippen MR) is 97.2 cm³/mol. The molecule has 0 rings (SSSR count). The Hall–Kier alpha value is 0.0649. The van der Waals surface area contributed by atoms with E-state index < -0.39 is 0 Å². The zero-order chi connectivity index (χ0) is 14.9. The van der Waals surface area contributed by atoms with Gasteiger partial charge in [-0.15, -0.1) is 0 Å². The van der Waals surface area contributed by atoms with Gasteiger partial charge >= 0.3 is 0 Å². The Labute approximate surface area is 130 Å². The van der Waals surface area contributed by atoms with Crippen molar-refractivity contribution in [3.63, 3.8) is 0 Å². The highest BCUT2D eigenvalue weighted by Crippen LogP contribution is 2.14. The fraction of sp³-hybridized carbons (Fsp3) is 1.00. The molecule has 0 spiro atoms. The molecule has 0 aromatic heterocycles. The zero-order valence-electron chi connectivity index (χ0n) is 14.9. The number of hydrogen-bond acceptors (Lipinski definition) is 0. The molecular weight excluding hydrogens is 239 g/mol. The second kappa shape index (κ2) is 17.1. The van der Waals surface area contributed by atoms with Crippen molar-refractivity contribution in [1.29, 1.82) is 0 Å². The highest BCUT2D eigenvalue weighted by molar-refractivity contribution is 6.55. The van der Waals surface area contributed by atoms with Gasteiger partial charge in [0.1, 0.15) is 6.71 Å². The SMILES string of the molecule is CCCCCCCCCCCCCCCCCB(C)C. The molecule has 0 atom stereocenters. The predicted octanol–water partition coefficient (Wildman–Crippen LogP) is 7.61. The van der Waals surface area contributed by atoms with E-state index in [4.69, 9.17) is 0 Å². The van der Waals surface area contributed by atoms with Crippen molar-refractivity contribution >= 4 is 6.71 Å². The Bertz CT molecular complexity index is 165. The monoisotopic (exact) mass is 280 g/mol. The molecule has 0 bridgehead atoms. The molecule has 0 saturated carbocycles. The molecule has 0 N–H and O–H groups in total. The highest BCUT2D eigenvalue weighted by Gasteiger charge is 1.98. The first-order valence-electron chi connectivity index (χ1n) is 9.77. The average Bonchev–Trinajstić information content (AvgIpc) is 2.43. The van der Waals surface area contributed by atoms with E-state index in [-0.39, 0.29) is 0 Å². The lowest BCUT2D eigenvalue weighted by atomic mass is 9.51. The van der Waals surface area contributed by atoms with Crippen LogP contribution in [0.4, 0.5) is 0 Å². The van der Waals surface area contributed by atoms with Crippen LogP contribution in [0.25, 0.3) is 0 Å². The fourth-order valence-electron chi connectivity index (χ4n) is 2.92. The van der Waals surface area contributed by atoms with Gasteiger partial charge in [-0.1, -0.05) is 123 Å². The van der Waals surface area contributed by atoms with Gasteiger partial charge in [0.2, 0.25) is 0 Å². The first-order chi connectivity index (χ1) is 9.77. The molecule has 0 aliphatic rings. The van der Waals surface area contributed by atoms with Crippen LogP contribution in [-0.4, -0.2) is 6.71 Å². The molecule has 0 unspecified atom stereocenters. The van der Waals surface area contributed by atoms with Crippen LogP contribution < -0.4 is 0 Å². The summed E-state index contributed by atoms with van der Waals surface area (Å²) in [6.07, 6.45) is 23.5. The summed E-state index contributed by atoms with van der Waals surface area (Å²) >= 11 is 0. The Morgan fingerprint density at radius 2 is 0.750 bits per heavy atom. The van der Waals surface area contributed by atoms with E-state index in [1.54, 1.807) is 0 Å². The second-order valence-corrected chi connectivity index (χ2v) is 7.13. The molecule has 0 heterocycles. The summed E-state index contributed by atoms with van der Waals surface area (Å²) in [6.45, 7) is 7.87. The van der Waals surface area contributed by atoms with Crippen molar-refractivity contribution in [2.75, 3.05) is 0 Å². The van der Waals surface area contributed by atoms with Crippen LogP contribution in [0.15, 0.2) is 0 Å². The number of hydrogen-bond donors (Lipinski definition) is 0. The number of rotatable bonds is 16. The first-order valence-corrected chi connectivity index (χ1v) is 9.77. The van der Waals surface area contributed by atoms with E-state index in [0.29, 0.717) is 0 Å². The van der Waals surface area contributed by atoms with Crippen LogP contribution in [-0.2, 0) is 0 Å². The van der Waals surface area contributed by atoms with Crippen molar-refractivity contribution in [3.05, 3.63) is 0 Å². The molecule has 0 amide bonds. The Balaban J connectivity index is 2.92.